The lowest BCUT2D eigenvalue weighted by Gasteiger charge is -2.05. The Kier molecular flexibility index (Phi) is 5.05. The molecule has 1 aromatic rings. The Labute approximate surface area is 106 Å². The number of anilines is 1. The molecule has 0 saturated carbocycles. The van der Waals surface area contributed by atoms with Crippen molar-refractivity contribution in [2.24, 2.45) is 5.73 Å². The van der Waals surface area contributed by atoms with E-state index in [0.29, 0.717) is 13.1 Å². The first-order valence-corrected chi connectivity index (χ1v) is 5.58. The van der Waals surface area contributed by atoms with Crippen LogP contribution in [0.1, 0.15) is 0 Å². The van der Waals surface area contributed by atoms with Crippen LogP contribution in [0.15, 0.2) is 28.8 Å². The zero-order chi connectivity index (χ0) is 12.8. The molecule has 0 fully saturated rings. The van der Waals surface area contributed by atoms with Crippen molar-refractivity contribution in [3.63, 3.8) is 0 Å². The minimum absolute atomic E-state index is 0.0623. The van der Waals surface area contributed by atoms with Crippen molar-refractivity contribution in [3.8, 4) is 0 Å². The lowest BCUT2D eigenvalue weighted by molar-refractivity contribution is -0.384. The summed E-state index contributed by atoms with van der Waals surface area (Å²) in [7, 11) is 0. The fourth-order valence-electron chi connectivity index (χ4n) is 1.18. The van der Waals surface area contributed by atoms with E-state index in [0.717, 1.165) is 12.1 Å². The van der Waals surface area contributed by atoms with Crippen molar-refractivity contribution < 1.29 is 9.31 Å². The van der Waals surface area contributed by atoms with Crippen LogP contribution < -0.4 is 11.1 Å². The molecule has 0 saturated heterocycles. The van der Waals surface area contributed by atoms with Crippen LogP contribution >= 0.6 is 15.9 Å². The maximum atomic E-state index is 13.3. The molecule has 7 heteroatoms. The zero-order valence-electron chi connectivity index (χ0n) is 8.82. The Morgan fingerprint density at radius 2 is 2.24 bits per heavy atom. The first-order valence-electron chi connectivity index (χ1n) is 4.78. The maximum absolute atomic E-state index is 13.3. The van der Waals surface area contributed by atoms with E-state index in [1.807, 2.05) is 0 Å². The topological polar surface area (TPSA) is 81.2 Å². The monoisotopic (exact) mass is 303 g/mol. The lowest BCUT2D eigenvalue weighted by Crippen LogP contribution is -2.04. The summed E-state index contributed by atoms with van der Waals surface area (Å²) in [5.41, 5.74) is 5.20. The Hall–Kier alpha value is -1.47. The standard InChI is InChI=1S/C10H11BrFN3O2/c11-7-5-10(15(16)17)9(6-8(7)12)14-4-2-1-3-13/h1-2,5-6,14H,3-4,13H2/b2-1+. The second kappa shape index (κ2) is 6.31. The Bertz CT molecular complexity index is 451. The lowest BCUT2D eigenvalue weighted by atomic mass is 10.2. The van der Waals surface area contributed by atoms with Crippen molar-refractivity contribution in [2.75, 3.05) is 18.4 Å². The van der Waals surface area contributed by atoms with Crippen molar-refractivity contribution in [1.82, 2.24) is 0 Å². The minimum atomic E-state index is -0.570. The maximum Gasteiger partial charge on any atom is 0.293 e. The van der Waals surface area contributed by atoms with Crippen LogP contribution in [0.3, 0.4) is 0 Å². The normalized spacial score (nSPS) is 10.8. The van der Waals surface area contributed by atoms with Gasteiger partial charge in [0.1, 0.15) is 11.5 Å². The fourth-order valence-corrected chi connectivity index (χ4v) is 1.51. The number of nitrogens with one attached hydrogen (secondary N) is 1. The minimum Gasteiger partial charge on any atom is -0.376 e. The average Bonchev–Trinajstić information content (AvgIpc) is 2.28. The molecule has 0 aliphatic rings. The number of nitro groups is 1. The molecule has 0 aliphatic carbocycles. The molecule has 1 aromatic carbocycles. The first-order chi connectivity index (χ1) is 8.06. The number of halogens is 2. The van der Waals surface area contributed by atoms with Gasteiger partial charge in [-0.25, -0.2) is 4.39 Å². The number of rotatable bonds is 5. The Balaban J connectivity index is 2.92. The second-order valence-electron chi connectivity index (χ2n) is 3.13. The molecule has 92 valence electrons. The zero-order valence-corrected chi connectivity index (χ0v) is 10.4. The van der Waals surface area contributed by atoms with Gasteiger partial charge in [0.05, 0.1) is 9.40 Å². The van der Waals surface area contributed by atoms with Crippen LogP contribution in [0, 0.1) is 15.9 Å². The number of nitro benzene ring substituents is 1. The highest BCUT2D eigenvalue weighted by molar-refractivity contribution is 9.10. The third kappa shape index (κ3) is 3.79. The molecule has 0 radical (unpaired) electrons. The smallest absolute Gasteiger partial charge is 0.293 e. The van der Waals surface area contributed by atoms with E-state index in [-0.39, 0.29) is 15.8 Å². The highest BCUT2D eigenvalue weighted by atomic mass is 79.9. The van der Waals surface area contributed by atoms with Gasteiger partial charge in [-0.3, -0.25) is 10.1 Å². The van der Waals surface area contributed by atoms with Gasteiger partial charge in [0.15, 0.2) is 0 Å². The molecule has 0 atom stereocenters. The molecular weight excluding hydrogens is 293 g/mol. The largest absolute Gasteiger partial charge is 0.376 e. The molecule has 0 spiro atoms. The van der Waals surface area contributed by atoms with Crippen molar-refractivity contribution >= 4 is 27.3 Å². The van der Waals surface area contributed by atoms with Gasteiger partial charge in [-0.15, -0.1) is 0 Å². The molecular formula is C10H11BrFN3O2. The summed E-state index contributed by atoms with van der Waals surface area (Å²) in [6, 6.07) is 2.21. The van der Waals surface area contributed by atoms with E-state index in [2.05, 4.69) is 21.2 Å². The first kappa shape index (κ1) is 13.6. The summed E-state index contributed by atoms with van der Waals surface area (Å²) in [6.45, 7) is 0.734. The van der Waals surface area contributed by atoms with E-state index in [4.69, 9.17) is 5.73 Å². The highest BCUT2D eigenvalue weighted by Gasteiger charge is 2.16. The van der Waals surface area contributed by atoms with Crippen LogP contribution in [-0.4, -0.2) is 18.0 Å². The van der Waals surface area contributed by atoms with E-state index < -0.39 is 10.7 Å². The van der Waals surface area contributed by atoms with Gasteiger partial charge in [0.25, 0.3) is 5.69 Å². The van der Waals surface area contributed by atoms with Gasteiger partial charge >= 0.3 is 0 Å². The summed E-state index contributed by atoms with van der Waals surface area (Å²) >= 11 is 2.90. The summed E-state index contributed by atoms with van der Waals surface area (Å²) in [5.74, 6) is -0.555. The molecule has 3 N–H and O–H groups in total. The molecule has 5 nitrogen and oxygen atoms in total. The number of benzene rings is 1. The van der Waals surface area contributed by atoms with E-state index in [1.165, 1.54) is 0 Å². The Morgan fingerprint density at radius 1 is 1.53 bits per heavy atom. The van der Waals surface area contributed by atoms with Crippen molar-refractivity contribution in [1.29, 1.82) is 0 Å². The summed E-state index contributed by atoms with van der Waals surface area (Å²) < 4.78 is 13.3. The third-order valence-electron chi connectivity index (χ3n) is 1.95. The number of hydrogen-bond acceptors (Lipinski definition) is 4. The van der Waals surface area contributed by atoms with E-state index in [1.54, 1.807) is 12.2 Å². The van der Waals surface area contributed by atoms with Crippen LogP contribution in [0.4, 0.5) is 15.8 Å². The SMILES string of the molecule is NC/C=C/CNc1cc(F)c(Br)cc1[N+](=O)[O-]. The molecule has 0 unspecified atom stereocenters. The van der Waals surface area contributed by atoms with Gasteiger partial charge in [-0.1, -0.05) is 12.2 Å². The van der Waals surface area contributed by atoms with Crippen molar-refractivity contribution in [2.45, 2.75) is 0 Å². The van der Waals surface area contributed by atoms with Gasteiger partial charge in [-0.05, 0) is 15.9 Å². The predicted molar refractivity (Wildman–Crippen MR) is 67.4 cm³/mol. The number of nitrogens with two attached hydrogens (primary N) is 1. The van der Waals surface area contributed by atoms with Crippen LogP contribution in [0.2, 0.25) is 0 Å². The van der Waals surface area contributed by atoms with Crippen LogP contribution in [0.25, 0.3) is 0 Å². The molecule has 0 bridgehead atoms. The van der Waals surface area contributed by atoms with Crippen molar-refractivity contribution in [3.05, 3.63) is 44.7 Å². The fraction of sp³-hybridized carbons (Fsp3) is 0.200. The molecule has 1 rings (SSSR count). The summed E-state index contributed by atoms with van der Waals surface area (Å²) in [6.07, 6.45) is 3.41. The molecule has 0 heterocycles. The summed E-state index contributed by atoms with van der Waals surface area (Å²) in [4.78, 5) is 10.2. The number of hydrogen-bond donors (Lipinski definition) is 2. The molecule has 0 amide bonds. The van der Waals surface area contributed by atoms with E-state index in [9.17, 15) is 14.5 Å². The number of nitrogens with zero attached hydrogens (tertiary/aromatic N) is 1. The Morgan fingerprint density at radius 3 is 2.82 bits per heavy atom. The average molecular weight is 304 g/mol. The quantitative estimate of drug-likeness (QED) is 0.497. The van der Waals surface area contributed by atoms with Gasteiger partial charge < -0.3 is 11.1 Å². The predicted octanol–water partition coefficient (Wildman–Crippen LogP) is 2.42. The van der Waals surface area contributed by atoms with E-state index >= 15 is 0 Å². The van der Waals surface area contributed by atoms with Gasteiger partial charge in [0.2, 0.25) is 0 Å². The second-order valence-corrected chi connectivity index (χ2v) is 3.98. The van der Waals surface area contributed by atoms with Crippen LogP contribution in [0.5, 0.6) is 0 Å². The van der Waals surface area contributed by atoms with Gasteiger partial charge in [-0.2, -0.15) is 0 Å². The molecule has 0 aliphatic heterocycles. The third-order valence-corrected chi connectivity index (χ3v) is 2.56. The summed E-state index contributed by atoms with van der Waals surface area (Å²) in [5, 5.41) is 13.5. The highest BCUT2D eigenvalue weighted by Crippen LogP contribution is 2.30. The van der Waals surface area contributed by atoms with Gasteiger partial charge in [0, 0.05) is 25.2 Å². The van der Waals surface area contributed by atoms with Crippen LogP contribution in [-0.2, 0) is 0 Å². The molecule has 17 heavy (non-hydrogen) atoms. The molecule has 0 aromatic heterocycles.